The second-order valence-electron chi connectivity index (χ2n) is 4.61. The number of hydrogen-bond acceptors (Lipinski definition) is 2. The van der Waals surface area contributed by atoms with E-state index >= 15 is 0 Å². The van der Waals surface area contributed by atoms with Crippen molar-refractivity contribution in [3.05, 3.63) is 48.0 Å². The summed E-state index contributed by atoms with van der Waals surface area (Å²) in [6.07, 6.45) is 0. The Morgan fingerprint density at radius 1 is 0.944 bits per heavy atom. The monoisotopic (exact) mass is 233 g/mol. The van der Waals surface area contributed by atoms with Gasteiger partial charge in [0.05, 0.1) is 11.0 Å². The molecule has 0 bridgehead atoms. The van der Waals surface area contributed by atoms with Crippen molar-refractivity contribution in [2.45, 2.75) is 6.92 Å². The summed E-state index contributed by atoms with van der Waals surface area (Å²) in [7, 11) is 0. The minimum absolute atomic E-state index is 0.930. The van der Waals surface area contributed by atoms with E-state index in [0.717, 1.165) is 32.8 Å². The Morgan fingerprint density at radius 3 is 2.78 bits per heavy atom. The zero-order valence-corrected chi connectivity index (χ0v) is 9.94. The average molecular weight is 233 g/mol. The van der Waals surface area contributed by atoms with Gasteiger partial charge in [0.25, 0.3) is 0 Å². The van der Waals surface area contributed by atoms with E-state index in [1.54, 1.807) is 0 Å². The maximum Gasteiger partial charge on any atom is 0.119 e. The van der Waals surface area contributed by atoms with Crippen LogP contribution in [0.15, 0.2) is 42.5 Å². The molecular formula is C15H11N3. The minimum atomic E-state index is 0.930. The van der Waals surface area contributed by atoms with Gasteiger partial charge in [0.2, 0.25) is 0 Å². The van der Waals surface area contributed by atoms with Crippen LogP contribution in [0.5, 0.6) is 0 Å². The standard InChI is InChI=1S/C15H11N3/c1-9-6-7-13-11(8-9)14-15(18-17-13)10-4-2-3-5-12(10)16-14/h2-8,16H,1H3. The van der Waals surface area contributed by atoms with Gasteiger partial charge in [-0.1, -0.05) is 29.8 Å². The number of nitrogens with one attached hydrogen (secondary N) is 1. The van der Waals surface area contributed by atoms with Gasteiger partial charge in [-0.05, 0) is 25.1 Å². The Kier molecular flexibility index (Phi) is 1.75. The molecule has 0 aliphatic heterocycles. The van der Waals surface area contributed by atoms with Gasteiger partial charge in [0, 0.05) is 16.3 Å². The van der Waals surface area contributed by atoms with Gasteiger partial charge in [-0.2, -0.15) is 0 Å². The second kappa shape index (κ2) is 3.29. The van der Waals surface area contributed by atoms with Crippen LogP contribution in [-0.4, -0.2) is 15.2 Å². The van der Waals surface area contributed by atoms with E-state index in [1.807, 2.05) is 18.2 Å². The molecule has 0 fully saturated rings. The van der Waals surface area contributed by atoms with Gasteiger partial charge in [-0.3, -0.25) is 0 Å². The molecule has 0 saturated heterocycles. The van der Waals surface area contributed by atoms with Crippen LogP contribution < -0.4 is 0 Å². The molecule has 0 aliphatic rings. The fourth-order valence-electron chi connectivity index (χ4n) is 2.47. The van der Waals surface area contributed by atoms with Gasteiger partial charge in [-0.25, -0.2) is 0 Å². The first-order valence-corrected chi connectivity index (χ1v) is 5.96. The fraction of sp³-hybridized carbons (Fsp3) is 0.0667. The summed E-state index contributed by atoms with van der Waals surface area (Å²) in [6.45, 7) is 2.09. The lowest BCUT2D eigenvalue weighted by molar-refractivity contribution is 1.13. The van der Waals surface area contributed by atoms with Crippen LogP contribution in [0, 0.1) is 6.92 Å². The molecule has 2 heterocycles. The largest absolute Gasteiger partial charge is 0.353 e. The summed E-state index contributed by atoms with van der Waals surface area (Å²) in [5.74, 6) is 0. The third kappa shape index (κ3) is 1.19. The van der Waals surface area contributed by atoms with E-state index in [0.29, 0.717) is 0 Å². The summed E-state index contributed by atoms with van der Waals surface area (Å²) in [6, 6.07) is 14.4. The van der Waals surface area contributed by atoms with Crippen molar-refractivity contribution in [3.8, 4) is 0 Å². The predicted molar refractivity (Wildman–Crippen MR) is 73.6 cm³/mol. The summed E-state index contributed by atoms with van der Waals surface area (Å²) in [5, 5.41) is 10.9. The highest BCUT2D eigenvalue weighted by molar-refractivity contribution is 6.13. The molecule has 2 aromatic heterocycles. The Labute approximate surface area is 103 Å². The quantitative estimate of drug-likeness (QED) is 0.504. The molecule has 3 nitrogen and oxygen atoms in total. The Hall–Kier alpha value is -2.42. The zero-order chi connectivity index (χ0) is 12.1. The number of rotatable bonds is 0. The lowest BCUT2D eigenvalue weighted by Gasteiger charge is -1.99. The van der Waals surface area contributed by atoms with Crippen LogP contribution in [0.4, 0.5) is 0 Å². The Balaban J connectivity index is 2.31. The minimum Gasteiger partial charge on any atom is -0.353 e. The fourth-order valence-corrected chi connectivity index (χ4v) is 2.47. The van der Waals surface area contributed by atoms with E-state index in [9.17, 15) is 0 Å². The van der Waals surface area contributed by atoms with Crippen molar-refractivity contribution >= 4 is 32.8 Å². The van der Waals surface area contributed by atoms with Crippen LogP contribution in [0.25, 0.3) is 32.8 Å². The van der Waals surface area contributed by atoms with Crippen molar-refractivity contribution in [3.63, 3.8) is 0 Å². The maximum atomic E-state index is 4.35. The highest BCUT2D eigenvalue weighted by Crippen LogP contribution is 2.28. The lowest BCUT2D eigenvalue weighted by Crippen LogP contribution is -1.86. The van der Waals surface area contributed by atoms with Crippen molar-refractivity contribution in [2.75, 3.05) is 0 Å². The van der Waals surface area contributed by atoms with E-state index < -0.39 is 0 Å². The Morgan fingerprint density at radius 2 is 1.83 bits per heavy atom. The topological polar surface area (TPSA) is 41.6 Å². The van der Waals surface area contributed by atoms with E-state index in [-0.39, 0.29) is 0 Å². The number of benzene rings is 2. The molecule has 0 saturated carbocycles. The summed E-state index contributed by atoms with van der Waals surface area (Å²) in [5.41, 5.74) is 5.29. The van der Waals surface area contributed by atoms with Gasteiger partial charge in [0.1, 0.15) is 5.52 Å². The molecule has 4 rings (SSSR count). The van der Waals surface area contributed by atoms with E-state index in [1.165, 1.54) is 5.56 Å². The van der Waals surface area contributed by atoms with Gasteiger partial charge in [0.15, 0.2) is 0 Å². The highest BCUT2D eigenvalue weighted by Gasteiger charge is 2.09. The number of nitrogens with zero attached hydrogens (tertiary/aromatic N) is 2. The number of fused-ring (bicyclic) bond motifs is 5. The number of aromatic nitrogens is 3. The summed E-state index contributed by atoms with van der Waals surface area (Å²) >= 11 is 0. The van der Waals surface area contributed by atoms with Crippen LogP contribution in [0.1, 0.15) is 5.56 Å². The maximum absolute atomic E-state index is 4.35. The molecule has 4 aromatic rings. The molecule has 0 unspecified atom stereocenters. The average Bonchev–Trinajstić information content (AvgIpc) is 2.78. The molecule has 2 aromatic carbocycles. The molecule has 1 N–H and O–H groups in total. The number of para-hydroxylation sites is 1. The first-order chi connectivity index (χ1) is 8.83. The first-order valence-electron chi connectivity index (χ1n) is 5.96. The van der Waals surface area contributed by atoms with Gasteiger partial charge in [-0.15, -0.1) is 10.2 Å². The van der Waals surface area contributed by atoms with E-state index in [2.05, 4.69) is 46.4 Å². The summed E-state index contributed by atoms with van der Waals surface area (Å²) < 4.78 is 0. The van der Waals surface area contributed by atoms with Crippen LogP contribution in [0.3, 0.4) is 0 Å². The van der Waals surface area contributed by atoms with Gasteiger partial charge >= 0.3 is 0 Å². The van der Waals surface area contributed by atoms with E-state index in [4.69, 9.17) is 0 Å². The third-order valence-corrected chi connectivity index (χ3v) is 3.36. The molecule has 18 heavy (non-hydrogen) atoms. The van der Waals surface area contributed by atoms with Crippen molar-refractivity contribution in [1.82, 2.24) is 15.2 Å². The lowest BCUT2D eigenvalue weighted by atomic mass is 10.1. The SMILES string of the molecule is Cc1ccc2nnc3c4ccccc4[nH]c3c2c1. The van der Waals surface area contributed by atoms with Crippen LogP contribution >= 0.6 is 0 Å². The number of H-pyrrole nitrogens is 1. The van der Waals surface area contributed by atoms with Crippen LogP contribution in [-0.2, 0) is 0 Å². The molecule has 86 valence electrons. The number of hydrogen-bond donors (Lipinski definition) is 1. The van der Waals surface area contributed by atoms with Crippen LogP contribution in [0.2, 0.25) is 0 Å². The third-order valence-electron chi connectivity index (χ3n) is 3.36. The second-order valence-corrected chi connectivity index (χ2v) is 4.61. The molecule has 3 heteroatoms. The van der Waals surface area contributed by atoms with Crippen molar-refractivity contribution in [2.24, 2.45) is 0 Å². The zero-order valence-electron chi connectivity index (χ0n) is 9.94. The molecule has 0 spiro atoms. The molecule has 0 aliphatic carbocycles. The Bertz CT molecular complexity index is 890. The number of aromatic amines is 1. The van der Waals surface area contributed by atoms with Crippen molar-refractivity contribution < 1.29 is 0 Å². The van der Waals surface area contributed by atoms with Crippen molar-refractivity contribution in [1.29, 1.82) is 0 Å². The summed E-state index contributed by atoms with van der Waals surface area (Å²) in [4.78, 5) is 3.45. The predicted octanol–water partition coefficient (Wildman–Crippen LogP) is 3.57. The highest BCUT2D eigenvalue weighted by atomic mass is 15.1. The normalized spacial score (nSPS) is 11.6. The smallest absolute Gasteiger partial charge is 0.119 e. The molecule has 0 atom stereocenters. The molecule has 0 amide bonds. The van der Waals surface area contributed by atoms with Gasteiger partial charge < -0.3 is 4.98 Å². The molecular weight excluding hydrogens is 222 g/mol. The first kappa shape index (κ1) is 9.59. The molecule has 0 radical (unpaired) electrons. The number of aryl methyl sites for hydroxylation is 1.